The summed E-state index contributed by atoms with van der Waals surface area (Å²) in [7, 11) is 3.41. The van der Waals surface area contributed by atoms with E-state index in [4.69, 9.17) is 9.47 Å². The second-order valence-electron chi connectivity index (χ2n) is 5.29. The molecule has 3 nitrogen and oxygen atoms in total. The number of likely N-dealkylation sites (N-methyl/N-ethyl adjacent to an activating group) is 1. The van der Waals surface area contributed by atoms with E-state index in [1.807, 2.05) is 0 Å². The topological polar surface area (TPSA) is 21.7 Å². The van der Waals surface area contributed by atoms with Crippen LogP contribution in [0.4, 0.5) is 8.78 Å². The van der Waals surface area contributed by atoms with Gasteiger partial charge in [-0.3, -0.25) is 4.90 Å². The van der Waals surface area contributed by atoms with Crippen LogP contribution in [0.1, 0.15) is 12.0 Å². The van der Waals surface area contributed by atoms with Gasteiger partial charge in [-0.25, -0.2) is 4.39 Å². The highest BCUT2D eigenvalue weighted by molar-refractivity contribution is 5.69. The largest absolute Gasteiger partial charge is 0.494 e. The van der Waals surface area contributed by atoms with E-state index in [0.29, 0.717) is 18.8 Å². The smallest absolute Gasteiger partial charge is 0.200 e. The van der Waals surface area contributed by atoms with Gasteiger partial charge >= 0.3 is 0 Å². The summed E-state index contributed by atoms with van der Waals surface area (Å²) in [6.45, 7) is 1.31. The van der Waals surface area contributed by atoms with Crippen molar-refractivity contribution in [1.82, 2.24) is 4.90 Å². The molecule has 2 aliphatic rings. The summed E-state index contributed by atoms with van der Waals surface area (Å²) in [5, 5.41) is 0. The minimum Gasteiger partial charge on any atom is -0.494 e. The number of hydrogen-bond acceptors (Lipinski definition) is 3. The third kappa shape index (κ3) is 2.21. The molecule has 0 N–H and O–H groups in total. The predicted molar refractivity (Wildman–Crippen MR) is 71.7 cm³/mol. The summed E-state index contributed by atoms with van der Waals surface area (Å²) in [5.74, 6) is -1.87. The van der Waals surface area contributed by atoms with Crippen molar-refractivity contribution >= 4 is 5.57 Å². The molecule has 0 spiro atoms. The molecule has 0 aliphatic carbocycles. The fraction of sp³-hybridized carbons (Fsp3) is 0.467. The Hall–Kier alpha value is -1.46. The first kappa shape index (κ1) is 13.5. The number of benzene rings is 1. The zero-order valence-corrected chi connectivity index (χ0v) is 11.5. The number of halogens is 2. The summed E-state index contributed by atoms with van der Waals surface area (Å²) in [6.07, 6.45) is 2.84. The molecule has 5 heteroatoms. The molecule has 2 heterocycles. The van der Waals surface area contributed by atoms with Crippen LogP contribution in [0, 0.1) is 11.6 Å². The lowest BCUT2D eigenvalue weighted by molar-refractivity contribution is -0.0221. The first-order valence-corrected chi connectivity index (χ1v) is 6.64. The quantitative estimate of drug-likeness (QED) is 0.831. The Morgan fingerprint density at radius 1 is 1.30 bits per heavy atom. The molecule has 2 atom stereocenters. The standard InChI is InChI=1S/C15H17F2NO2/c1-18-11-3-9(4-12(18)8-20-7-11)10-5-13(16)15(17)14(6-10)19-2/h3,5-6,11-12H,4,7-8H2,1-2H3. The van der Waals surface area contributed by atoms with Gasteiger partial charge in [-0.2, -0.15) is 4.39 Å². The summed E-state index contributed by atoms with van der Waals surface area (Å²) < 4.78 is 37.6. The maximum absolute atomic E-state index is 13.6. The SMILES string of the molecule is COc1cc(C2=CC3COCC(C2)N3C)cc(F)c1F. The first-order chi connectivity index (χ1) is 9.60. The van der Waals surface area contributed by atoms with Gasteiger partial charge in [0.05, 0.1) is 26.4 Å². The molecular formula is C15H17F2NO2. The third-order valence-corrected chi connectivity index (χ3v) is 4.13. The van der Waals surface area contributed by atoms with Crippen molar-refractivity contribution in [1.29, 1.82) is 0 Å². The molecule has 0 radical (unpaired) electrons. The van der Waals surface area contributed by atoms with Crippen molar-refractivity contribution in [3.63, 3.8) is 0 Å². The molecule has 0 amide bonds. The molecule has 0 saturated carbocycles. The van der Waals surface area contributed by atoms with Crippen molar-refractivity contribution in [2.45, 2.75) is 18.5 Å². The van der Waals surface area contributed by atoms with Crippen LogP contribution in [0.2, 0.25) is 0 Å². The second kappa shape index (κ2) is 5.14. The molecule has 1 fully saturated rings. The zero-order valence-electron chi connectivity index (χ0n) is 11.5. The van der Waals surface area contributed by atoms with Crippen LogP contribution in [0.3, 0.4) is 0 Å². The normalized spacial score (nSPS) is 26.3. The van der Waals surface area contributed by atoms with Crippen LogP contribution < -0.4 is 4.74 Å². The lowest BCUT2D eigenvalue weighted by Crippen LogP contribution is -2.51. The van der Waals surface area contributed by atoms with Gasteiger partial charge in [-0.05, 0) is 36.7 Å². The van der Waals surface area contributed by atoms with E-state index in [1.54, 1.807) is 6.07 Å². The molecule has 20 heavy (non-hydrogen) atoms. The van der Waals surface area contributed by atoms with Crippen molar-refractivity contribution in [3.8, 4) is 5.75 Å². The molecule has 3 rings (SSSR count). The van der Waals surface area contributed by atoms with E-state index >= 15 is 0 Å². The fourth-order valence-corrected chi connectivity index (χ4v) is 2.87. The molecular weight excluding hydrogens is 264 g/mol. The predicted octanol–water partition coefficient (Wildman–Crippen LogP) is 2.46. The molecule has 0 aromatic heterocycles. The van der Waals surface area contributed by atoms with E-state index in [1.165, 1.54) is 13.2 Å². The average Bonchev–Trinajstić information content (AvgIpc) is 2.41. The summed E-state index contributed by atoms with van der Waals surface area (Å²) in [4.78, 5) is 2.27. The lowest BCUT2D eigenvalue weighted by Gasteiger charge is -2.42. The molecule has 1 saturated heterocycles. The highest BCUT2D eigenvalue weighted by Gasteiger charge is 2.32. The second-order valence-corrected chi connectivity index (χ2v) is 5.29. The summed E-state index contributed by atoms with van der Waals surface area (Å²) in [6, 6.07) is 3.28. The number of ether oxygens (including phenoxy) is 2. The van der Waals surface area contributed by atoms with Gasteiger partial charge < -0.3 is 9.47 Å². The number of hydrogen-bond donors (Lipinski definition) is 0. The van der Waals surface area contributed by atoms with Crippen LogP contribution in [-0.2, 0) is 4.74 Å². The maximum atomic E-state index is 13.6. The van der Waals surface area contributed by atoms with Crippen LogP contribution in [0.15, 0.2) is 18.2 Å². The third-order valence-electron chi connectivity index (χ3n) is 4.13. The minimum atomic E-state index is -0.937. The van der Waals surface area contributed by atoms with Crippen molar-refractivity contribution in [3.05, 3.63) is 35.4 Å². The number of methoxy groups -OCH3 is 1. The van der Waals surface area contributed by atoms with E-state index < -0.39 is 11.6 Å². The van der Waals surface area contributed by atoms with Gasteiger partial charge in [0.1, 0.15) is 0 Å². The van der Waals surface area contributed by atoms with Crippen molar-refractivity contribution in [2.24, 2.45) is 0 Å². The highest BCUT2D eigenvalue weighted by Crippen LogP contribution is 2.34. The van der Waals surface area contributed by atoms with E-state index in [2.05, 4.69) is 18.0 Å². The van der Waals surface area contributed by atoms with Crippen LogP contribution in [0.5, 0.6) is 5.75 Å². The first-order valence-electron chi connectivity index (χ1n) is 6.64. The van der Waals surface area contributed by atoms with Gasteiger partial charge in [0.25, 0.3) is 0 Å². The van der Waals surface area contributed by atoms with Gasteiger partial charge in [-0.15, -0.1) is 0 Å². The number of nitrogens with zero attached hydrogens (tertiary/aromatic N) is 1. The molecule has 1 aromatic rings. The average molecular weight is 281 g/mol. The van der Waals surface area contributed by atoms with Crippen molar-refractivity contribution in [2.75, 3.05) is 27.4 Å². The van der Waals surface area contributed by atoms with Crippen molar-refractivity contribution < 1.29 is 18.3 Å². The summed E-state index contributed by atoms with van der Waals surface area (Å²) >= 11 is 0. The van der Waals surface area contributed by atoms with E-state index in [-0.39, 0.29) is 17.8 Å². The van der Waals surface area contributed by atoms with Crippen LogP contribution in [-0.4, -0.2) is 44.4 Å². The molecule has 108 valence electrons. The fourth-order valence-electron chi connectivity index (χ4n) is 2.87. The molecule has 1 aromatic carbocycles. The Balaban J connectivity index is 1.99. The highest BCUT2D eigenvalue weighted by atomic mass is 19.2. The molecule has 2 unspecified atom stereocenters. The van der Waals surface area contributed by atoms with Crippen LogP contribution >= 0.6 is 0 Å². The molecule has 2 aliphatic heterocycles. The monoisotopic (exact) mass is 281 g/mol. The molecule has 2 bridgehead atoms. The Labute approximate surface area is 116 Å². The van der Waals surface area contributed by atoms with Gasteiger partial charge in [-0.1, -0.05) is 6.08 Å². The van der Waals surface area contributed by atoms with Crippen LogP contribution in [0.25, 0.3) is 5.57 Å². The Kier molecular flexibility index (Phi) is 3.48. The van der Waals surface area contributed by atoms with Gasteiger partial charge in [0.15, 0.2) is 11.6 Å². The number of fused-ring (bicyclic) bond motifs is 2. The number of rotatable bonds is 2. The number of morpholine rings is 1. The van der Waals surface area contributed by atoms with E-state index in [9.17, 15) is 8.78 Å². The maximum Gasteiger partial charge on any atom is 0.200 e. The Morgan fingerprint density at radius 2 is 2.10 bits per heavy atom. The summed E-state index contributed by atoms with van der Waals surface area (Å²) in [5.41, 5.74) is 1.71. The Bertz CT molecular complexity index is 559. The van der Waals surface area contributed by atoms with E-state index in [0.717, 1.165) is 12.0 Å². The minimum absolute atomic E-state index is 0.0544. The lowest BCUT2D eigenvalue weighted by atomic mass is 9.90. The van der Waals surface area contributed by atoms with Gasteiger partial charge in [0.2, 0.25) is 5.82 Å². The Morgan fingerprint density at radius 3 is 2.80 bits per heavy atom. The zero-order chi connectivity index (χ0) is 14.3. The van der Waals surface area contributed by atoms with Gasteiger partial charge in [0, 0.05) is 6.04 Å².